The van der Waals surface area contributed by atoms with Crippen molar-refractivity contribution in [1.29, 1.82) is 0 Å². The van der Waals surface area contributed by atoms with E-state index >= 15 is 0 Å². The number of aryl methyl sites for hydroxylation is 1. The molecule has 23 heavy (non-hydrogen) atoms. The van der Waals surface area contributed by atoms with E-state index in [4.69, 9.17) is 23.2 Å². The number of benzene rings is 2. The van der Waals surface area contributed by atoms with Crippen LogP contribution in [0.15, 0.2) is 36.4 Å². The Bertz CT molecular complexity index is 867. The van der Waals surface area contributed by atoms with Crippen LogP contribution in [0.5, 0.6) is 0 Å². The van der Waals surface area contributed by atoms with Crippen molar-refractivity contribution < 1.29 is 13.2 Å². The Balaban J connectivity index is 2.20. The molecule has 0 unspecified atom stereocenters. The van der Waals surface area contributed by atoms with Gasteiger partial charge in [0.15, 0.2) is 0 Å². The van der Waals surface area contributed by atoms with Crippen LogP contribution in [0.2, 0.25) is 10.0 Å². The maximum atomic E-state index is 12.3. The Kier molecular flexibility index (Phi) is 5.19. The molecule has 0 spiro atoms. The third kappa shape index (κ3) is 4.86. The molecule has 5 nitrogen and oxygen atoms in total. The normalized spacial score (nSPS) is 11.1. The zero-order valence-electron chi connectivity index (χ0n) is 12.4. The molecule has 0 saturated carbocycles. The van der Waals surface area contributed by atoms with Gasteiger partial charge in [0.1, 0.15) is 0 Å². The summed E-state index contributed by atoms with van der Waals surface area (Å²) < 4.78 is 24.7. The summed E-state index contributed by atoms with van der Waals surface area (Å²) in [7, 11) is -3.41. The lowest BCUT2D eigenvalue weighted by Gasteiger charge is -2.10. The highest BCUT2D eigenvalue weighted by atomic mass is 35.5. The van der Waals surface area contributed by atoms with Gasteiger partial charge in [0, 0.05) is 16.4 Å². The van der Waals surface area contributed by atoms with Gasteiger partial charge in [-0.15, -0.1) is 0 Å². The van der Waals surface area contributed by atoms with Crippen molar-refractivity contribution in [2.24, 2.45) is 0 Å². The zero-order chi connectivity index (χ0) is 17.2. The smallest absolute Gasteiger partial charge is 0.257 e. The molecule has 2 rings (SSSR count). The number of amides is 1. The van der Waals surface area contributed by atoms with Gasteiger partial charge in [-0.1, -0.05) is 29.3 Å². The lowest BCUT2D eigenvalue weighted by molar-refractivity contribution is 0.102. The molecular formula is C15H14Cl2N2O3S. The summed E-state index contributed by atoms with van der Waals surface area (Å²) in [4.78, 5) is 12.3. The van der Waals surface area contributed by atoms with E-state index in [1.807, 2.05) is 6.92 Å². The number of anilines is 2. The fourth-order valence-corrected chi connectivity index (χ4v) is 2.85. The van der Waals surface area contributed by atoms with E-state index in [2.05, 4.69) is 10.0 Å². The molecule has 0 aliphatic rings. The van der Waals surface area contributed by atoms with Gasteiger partial charge >= 0.3 is 0 Å². The van der Waals surface area contributed by atoms with Crippen molar-refractivity contribution >= 4 is 50.5 Å². The van der Waals surface area contributed by atoms with Crippen molar-refractivity contribution in [2.45, 2.75) is 6.92 Å². The van der Waals surface area contributed by atoms with Crippen molar-refractivity contribution in [2.75, 3.05) is 16.3 Å². The highest BCUT2D eigenvalue weighted by Gasteiger charge is 2.13. The molecule has 0 saturated heterocycles. The number of carbonyl (C=O) groups excluding carboxylic acids is 1. The molecule has 8 heteroatoms. The second-order valence-corrected chi connectivity index (χ2v) is 7.55. The van der Waals surface area contributed by atoms with Crippen molar-refractivity contribution in [1.82, 2.24) is 0 Å². The van der Waals surface area contributed by atoms with Gasteiger partial charge in [-0.3, -0.25) is 9.52 Å². The highest BCUT2D eigenvalue weighted by molar-refractivity contribution is 7.92. The number of nitrogens with one attached hydrogen (secondary N) is 2. The molecule has 2 aromatic rings. The first-order chi connectivity index (χ1) is 10.7. The van der Waals surface area contributed by atoms with Crippen LogP contribution in [0.25, 0.3) is 0 Å². The summed E-state index contributed by atoms with van der Waals surface area (Å²) in [5.41, 5.74) is 1.95. The summed E-state index contributed by atoms with van der Waals surface area (Å²) >= 11 is 12.1. The number of sulfonamides is 1. The Labute approximate surface area is 144 Å². The summed E-state index contributed by atoms with van der Waals surface area (Å²) in [6.45, 7) is 1.86. The zero-order valence-corrected chi connectivity index (χ0v) is 14.7. The average molecular weight is 373 g/mol. The number of hydrogen-bond donors (Lipinski definition) is 2. The van der Waals surface area contributed by atoms with E-state index in [1.165, 1.54) is 18.2 Å². The van der Waals surface area contributed by atoms with E-state index in [0.29, 0.717) is 10.7 Å². The van der Waals surface area contributed by atoms with Gasteiger partial charge < -0.3 is 5.32 Å². The molecule has 0 heterocycles. The van der Waals surface area contributed by atoms with Crippen LogP contribution < -0.4 is 10.0 Å². The fraction of sp³-hybridized carbons (Fsp3) is 0.133. The minimum absolute atomic E-state index is 0.134. The van der Waals surface area contributed by atoms with Gasteiger partial charge in [0.25, 0.3) is 5.91 Å². The Hall–Kier alpha value is -1.76. The maximum Gasteiger partial charge on any atom is 0.257 e. The number of rotatable bonds is 4. The minimum Gasteiger partial charge on any atom is -0.322 e. The molecule has 0 bridgehead atoms. The molecular weight excluding hydrogens is 359 g/mol. The summed E-state index contributed by atoms with van der Waals surface area (Å²) in [5.74, 6) is -0.416. The van der Waals surface area contributed by atoms with Crippen LogP contribution >= 0.6 is 23.2 Å². The summed E-state index contributed by atoms with van der Waals surface area (Å²) in [6, 6.07) is 9.44. The summed E-state index contributed by atoms with van der Waals surface area (Å²) in [5, 5.41) is 3.37. The topological polar surface area (TPSA) is 75.3 Å². The molecule has 0 aliphatic heterocycles. The van der Waals surface area contributed by atoms with E-state index in [-0.39, 0.29) is 16.3 Å². The second-order valence-electron chi connectivity index (χ2n) is 4.99. The van der Waals surface area contributed by atoms with Crippen molar-refractivity contribution in [3.8, 4) is 0 Å². The quantitative estimate of drug-likeness (QED) is 0.853. The Morgan fingerprint density at radius 2 is 1.61 bits per heavy atom. The molecule has 0 aliphatic carbocycles. The Morgan fingerprint density at radius 3 is 2.17 bits per heavy atom. The van der Waals surface area contributed by atoms with Gasteiger partial charge in [0.05, 0.1) is 16.8 Å². The molecule has 2 N–H and O–H groups in total. The fourth-order valence-electron chi connectivity index (χ4n) is 1.85. The molecule has 0 fully saturated rings. The van der Waals surface area contributed by atoms with Crippen LogP contribution in [-0.2, 0) is 10.0 Å². The van der Waals surface area contributed by atoms with Gasteiger partial charge in [-0.2, -0.15) is 0 Å². The highest BCUT2D eigenvalue weighted by Crippen LogP contribution is 2.24. The number of hydrogen-bond acceptors (Lipinski definition) is 3. The van der Waals surface area contributed by atoms with E-state index in [0.717, 1.165) is 11.8 Å². The predicted molar refractivity (Wildman–Crippen MR) is 94.1 cm³/mol. The average Bonchev–Trinajstić information content (AvgIpc) is 2.41. The van der Waals surface area contributed by atoms with Gasteiger partial charge in [-0.05, 0) is 42.8 Å². The first-order valence-corrected chi connectivity index (χ1v) is 9.15. The van der Waals surface area contributed by atoms with Crippen LogP contribution in [-0.4, -0.2) is 20.6 Å². The lowest BCUT2D eigenvalue weighted by atomic mass is 10.1. The molecule has 0 radical (unpaired) electrons. The molecule has 0 atom stereocenters. The van der Waals surface area contributed by atoms with Gasteiger partial charge in [-0.25, -0.2) is 8.42 Å². The third-order valence-electron chi connectivity index (χ3n) is 2.95. The Morgan fingerprint density at radius 1 is 1.00 bits per heavy atom. The first kappa shape index (κ1) is 17.6. The SMILES string of the molecule is Cc1ccc(NC(=O)c2ccc(NS(C)(=O)=O)cc2Cl)cc1Cl. The second kappa shape index (κ2) is 6.78. The minimum atomic E-state index is -3.41. The monoisotopic (exact) mass is 372 g/mol. The lowest BCUT2D eigenvalue weighted by Crippen LogP contribution is -2.13. The van der Waals surface area contributed by atoms with E-state index in [9.17, 15) is 13.2 Å². The molecule has 0 aromatic heterocycles. The predicted octanol–water partition coefficient (Wildman–Crippen LogP) is 3.93. The van der Waals surface area contributed by atoms with Crippen LogP contribution in [0.1, 0.15) is 15.9 Å². The molecule has 2 aromatic carbocycles. The van der Waals surface area contributed by atoms with Crippen LogP contribution in [0.3, 0.4) is 0 Å². The first-order valence-electron chi connectivity index (χ1n) is 6.50. The van der Waals surface area contributed by atoms with Crippen LogP contribution in [0.4, 0.5) is 11.4 Å². The maximum absolute atomic E-state index is 12.3. The standard InChI is InChI=1S/C15H14Cl2N2O3S/c1-9-3-4-10(7-13(9)16)18-15(20)12-6-5-11(8-14(12)17)19-23(2,21)22/h3-8,19H,1-2H3,(H,18,20). The van der Waals surface area contributed by atoms with Crippen molar-refractivity contribution in [3.63, 3.8) is 0 Å². The third-order valence-corrected chi connectivity index (χ3v) is 4.27. The largest absolute Gasteiger partial charge is 0.322 e. The number of halogens is 2. The van der Waals surface area contributed by atoms with Crippen molar-refractivity contribution in [3.05, 3.63) is 57.6 Å². The van der Waals surface area contributed by atoms with E-state index in [1.54, 1.807) is 18.2 Å². The van der Waals surface area contributed by atoms with Crippen LogP contribution in [0, 0.1) is 6.92 Å². The molecule has 1 amide bonds. The summed E-state index contributed by atoms with van der Waals surface area (Å²) in [6.07, 6.45) is 1.03. The molecule has 122 valence electrons. The number of carbonyl (C=O) groups is 1. The van der Waals surface area contributed by atoms with E-state index < -0.39 is 15.9 Å². The van der Waals surface area contributed by atoms with Gasteiger partial charge in [0.2, 0.25) is 10.0 Å².